The van der Waals surface area contributed by atoms with Crippen molar-refractivity contribution in [2.45, 2.75) is 19.4 Å². The Morgan fingerprint density at radius 1 is 1.62 bits per heavy atom. The van der Waals surface area contributed by atoms with Crippen LogP contribution < -0.4 is 11.1 Å². The van der Waals surface area contributed by atoms with Gasteiger partial charge in [-0.05, 0) is 12.1 Å². The number of hydrogen-bond donors (Lipinski definition) is 2. The highest BCUT2D eigenvalue weighted by atomic mass is 16.5. The number of amides is 1. The fraction of sp³-hybridized carbons (Fsp3) is 0.545. The second kappa shape index (κ2) is 6.30. The quantitative estimate of drug-likeness (QED) is 0.742. The third-order valence-corrected chi connectivity index (χ3v) is 2.22. The first kappa shape index (κ1) is 12.7. The summed E-state index contributed by atoms with van der Waals surface area (Å²) in [5.41, 5.74) is 5.49. The summed E-state index contributed by atoms with van der Waals surface area (Å²) in [6.45, 7) is 2.69. The van der Waals surface area contributed by atoms with Crippen molar-refractivity contribution in [2.75, 3.05) is 20.3 Å². The van der Waals surface area contributed by atoms with Gasteiger partial charge in [-0.3, -0.25) is 4.79 Å². The van der Waals surface area contributed by atoms with Crippen LogP contribution in [0.1, 0.15) is 23.2 Å². The van der Waals surface area contributed by atoms with Crippen molar-refractivity contribution in [3.63, 3.8) is 0 Å². The lowest BCUT2D eigenvalue weighted by molar-refractivity contribution is 0.0871. The molecule has 1 rings (SSSR count). The molecule has 0 saturated carbocycles. The molecule has 3 N–H and O–H groups in total. The van der Waals surface area contributed by atoms with Crippen LogP contribution in [0.3, 0.4) is 0 Å². The summed E-state index contributed by atoms with van der Waals surface area (Å²) in [6.07, 6.45) is 0.770. The molecule has 1 heterocycles. The monoisotopic (exact) mass is 226 g/mol. The van der Waals surface area contributed by atoms with Crippen molar-refractivity contribution >= 4 is 5.91 Å². The normalized spacial score (nSPS) is 12.4. The van der Waals surface area contributed by atoms with Gasteiger partial charge in [-0.1, -0.05) is 6.92 Å². The number of aryl methyl sites for hydroxylation is 1. The molecule has 1 aromatic rings. The van der Waals surface area contributed by atoms with Crippen molar-refractivity contribution in [3.05, 3.63) is 23.7 Å². The van der Waals surface area contributed by atoms with Crippen LogP contribution in [-0.4, -0.2) is 32.2 Å². The molecule has 5 heteroatoms. The van der Waals surface area contributed by atoms with E-state index in [0.29, 0.717) is 18.9 Å². The lowest BCUT2D eigenvalue weighted by atomic mass is 10.3. The van der Waals surface area contributed by atoms with E-state index in [1.54, 1.807) is 19.2 Å². The Morgan fingerprint density at radius 2 is 2.38 bits per heavy atom. The summed E-state index contributed by atoms with van der Waals surface area (Å²) in [4.78, 5) is 11.7. The molecule has 0 aliphatic rings. The Bertz CT molecular complexity index is 336. The summed E-state index contributed by atoms with van der Waals surface area (Å²) >= 11 is 0. The molecule has 0 spiro atoms. The average Bonchev–Trinajstić information content (AvgIpc) is 2.76. The van der Waals surface area contributed by atoms with Gasteiger partial charge in [0.05, 0.1) is 12.6 Å². The third-order valence-electron chi connectivity index (χ3n) is 2.22. The highest BCUT2D eigenvalue weighted by Gasteiger charge is 2.15. The number of hydrogen-bond acceptors (Lipinski definition) is 4. The highest BCUT2D eigenvalue weighted by molar-refractivity contribution is 5.91. The third kappa shape index (κ3) is 3.36. The van der Waals surface area contributed by atoms with Gasteiger partial charge in [0.25, 0.3) is 5.91 Å². The maximum atomic E-state index is 11.7. The topological polar surface area (TPSA) is 77.5 Å². The van der Waals surface area contributed by atoms with E-state index in [1.807, 2.05) is 6.92 Å². The van der Waals surface area contributed by atoms with Crippen LogP contribution in [0.15, 0.2) is 16.5 Å². The van der Waals surface area contributed by atoms with Crippen LogP contribution in [0, 0.1) is 0 Å². The fourth-order valence-corrected chi connectivity index (χ4v) is 1.32. The van der Waals surface area contributed by atoms with Crippen molar-refractivity contribution < 1.29 is 13.9 Å². The van der Waals surface area contributed by atoms with Gasteiger partial charge in [-0.2, -0.15) is 0 Å². The van der Waals surface area contributed by atoms with Crippen LogP contribution in [0.4, 0.5) is 0 Å². The van der Waals surface area contributed by atoms with Crippen molar-refractivity contribution in [3.8, 4) is 0 Å². The number of nitrogens with two attached hydrogens (primary N) is 1. The van der Waals surface area contributed by atoms with Gasteiger partial charge >= 0.3 is 0 Å². The van der Waals surface area contributed by atoms with E-state index in [1.165, 1.54) is 0 Å². The Balaban J connectivity index is 2.56. The first-order valence-electron chi connectivity index (χ1n) is 5.29. The second-order valence-corrected chi connectivity index (χ2v) is 3.48. The van der Waals surface area contributed by atoms with Crippen LogP contribution in [0.5, 0.6) is 0 Å². The minimum Gasteiger partial charge on any atom is -0.456 e. The van der Waals surface area contributed by atoms with Crippen LogP contribution in [0.2, 0.25) is 0 Å². The molecule has 16 heavy (non-hydrogen) atoms. The molecule has 1 aromatic heterocycles. The summed E-state index contributed by atoms with van der Waals surface area (Å²) in [7, 11) is 1.57. The summed E-state index contributed by atoms with van der Waals surface area (Å²) in [5.74, 6) is 0.847. The molecular weight excluding hydrogens is 208 g/mol. The van der Waals surface area contributed by atoms with E-state index in [-0.39, 0.29) is 11.9 Å². The largest absolute Gasteiger partial charge is 0.456 e. The molecule has 90 valence electrons. The van der Waals surface area contributed by atoms with Gasteiger partial charge in [-0.25, -0.2) is 0 Å². The summed E-state index contributed by atoms with van der Waals surface area (Å²) in [5, 5.41) is 2.74. The van der Waals surface area contributed by atoms with E-state index >= 15 is 0 Å². The van der Waals surface area contributed by atoms with Gasteiger partial charge in [0, 0.05) is 20.1 Å². The van der Waals surface area contributed by atoms with Gasteiger partial charge in [0.2, 0.25) is 0 Å². The molecule has 0 fully saturated rings. The van der Waals surface area contributed by atoms with E-state index in [4.69, 9.17) is 14.9 Å². The van der Waals surface area contributed by atoms with Gasteiger partial charge < -0.3 is 20.2 Å². The van der Waals surface area contributed by atoms with E-state index in [2.05, 4.69) is 5.32 Å². The molecule has 0 aromatic carbocycles. The zero-order chi connectivity index (χ0) is 12.0. The number of carbonyl (C=O) groups is 1. The number of carbonyl (C=O) groups excluding carboxylic acids is 1. The van der Waals surface area contributed by atoms with E-state index < -0.39 is 0 Å². The standard InChI is InChI=1S/C11H18N2O3/c1-3-9-4-5-10(16-9)11(14)13-8(6-12)7-15-2/h4-5,8H,3,6-7,12H2,1-2H3,(H,13,14). The van der Waals surface area contributed by atoms with E-state index in [0.717, 1.165) is 12.2 Å². The summed E-state index contributed by atoms with van der Waals surface area (Å²) in [6, 6.07) is 3.27. The first-order valence-corrected chi connectivity index (χ1v) is 5.29. The molecular formula is C11H18N2O3. The lowest BCUT2D eigenvalue weighted by Crippen LogP contribution is -2.43. The average molecular weight is 226 g/mol. The molecule has 0 aliphatic carbocycles. The number of ether oxygens (including phenoxy) is 1. The molecule has 0 saturated heterocycles. The minimum absolute atomic E-state index is 0.187. The SMILES string of the molecule is CCc1ccc(C(=O)NC(CN)COC)o1. The van der Waals surface area contributed by atoms with Gasteiger partial charge in [0.15, 0.2) is 5.76 Å². The maximum absolute atomic E-state index is 11.7. The molecule has 1 unspecified atom stereocenters. The Kier molecular flexibility index (Phi) is 5.01. The molecule has 1 amide bonds. The van der Waals surface area contributed by atoms with Gasteiger partial charge in [-0.15, -0.1) is 0 Å². The zero-order valence-corrected chi connectivity index (χ0v) is 9.66. The number of furan rings is 1. The molecule has 0 radical (unpaired) electrons. The predicted molar refractivity (Wildman–Crippen MR) is 60.3 cm³/mol. The predicted octanol–water partition coefficient (Wildman–Crippen LogP) is 0.546. The minimum atomic E-state index is -0.257. The Morgan fingerprint density at radius 3 is 2.88 bits per heavy atom. The number of nitrogens with one attached hydrogen (secondary N) is 1. The lowest BCUT2D eigenvalue weighted by Gasteiger charge is -2.14. The van der Waals surface area contributed by atoms with E-state index in [9.17, 15) is 4.79 Å². The van der Waals surface area contributed by atoms with Crippen molar-refractivity contribution in [1.82, 2.24) is 5.32 Å². The van der Waals surface area contributed by atoms with Crippen molar-refractivity contribution in [1.29, 1.82) is 0 Å². The van der Waals surface area contributed by atoms with Crippen LogP contribution >= 0.6 is 0 Å². The van der Waals surface area contributed by atoms with Crippen molar-refractivity contribution in [2.24, 2.45) is 5.73 Å². The smallest absolute Gasteiger partial charge is 0.287 e. The molecule has 1 atom stereocenters. The first-order chi connectivity index (χ1) is 7.71. The summed E-state index contributed by atoms with van der Waals surface area (Å²) < 4.78 is 10.3. The molecule has 0 bridgehead atoms. The van der Waals surface area contributed by atoms with Gasteiger partial charge in [0.1, 0.15) is 5.76 Å². The molecule has 0 aliphatic heterocycles. The van der Waals surface area contributed by atoms with Crippen LogP contribution in [0.25, 0.3) is 0 Å². The number of rotatable bonds is 6. The Labute approximate surface area is 94.9 Å². The molecule has 5 nitrogen and oxygen atoms in total. The second-order valence-electron chi connectivity index (χ2n) is 3.48. The van der Waals surface area contributed by atoms with Crippen LogP contribution in [-0.2, 0) is 11.2 Å². The zero-order valence-electron chi connectivity index (χ0n) is 9.66. The Hall–Kier alpha value is -1.33. The number of methoxy groups -OCH3 is 1. The highest BCUT2D eigenvalue weighted by Crippen LogP contribution is 2.08. The fourth-order valence-electron chi connectivity index (χ4n) is 1.32. The maximum Gasteiger partial charge on any atom is 0.287 e.